The van der Waals surface area contributed by atoms with E-state index in [0.717, 1.165) is 0 Å². The highest BCUT2D eigenvalue weighted by Crippen LogP contribution is 2.31. The first-order valence-electron chi connectivity index (χ1n) is 7.31. The van der Waals surface area contributed by atoms with Crippen LogP contribution in [0.1, 0.15) is 27.7 Å². The van der Waals surface area contributed by atoms with Crippen LogP contribution < -0.4 is 0 Å². The minimum absolute atomic E-state index is 0.0234. The van der Waals surface area contributed by atoms with E-state index in [1.165, 1.54) is 0 Å². The second-order valence-corrected chi connectivity index (χ2v) is 6.78. The fourth-order valence-corrected chi connectivity index (χ4v) is 2.15. The summed E-state index contributed by atoms with van der Waals surface area (Å²) in [6.07, 6.45) is 0. The van der Waals surface area contributed by atoms with Gasteiger partial charge in [0.25, 0.3) is 0 Å². The molecule has 1 rings (SSSR count). The maximum Gasteiger partial charge on any atom is 0.343 e. The molecule has 6 nitrogen and oxygen atoms in total. The zero-order valence-electron chi connectivity index (χ0n) is 13.8. The van der Waals surface area contributed by atoms with Crippen LogP contribution >= 0.6 is 23.2 Å². The Morgan fingerprint density at radius 3 is 1.33 bits per heavy atom. The molecule has 0 heterocycles. The minimum atomic E-state index is -1.06. The van der Waals surface area contributed by atoms with E-state index in [1.807, 2.05) is 0 Å². The number of carbonyl (C=O) groups is 4. The van der Waals surface area contributed by atoms with Crippen molar-refractivity contribution in [1.29, 1.82) is 0 Å². The Morgan fingerprint density at radius 2 is 1.08 bits per heavy atom. The van der Waals surface area contributed by atoms with Gasteiger partial charge >= 0.3 is 11.9 Å². The third-order valence-electron chi connectivity index (χ3n) is 2.80. The summed E-state index contributed by atoms with van der Waals surface area (Å²) in [4.78, 5) is 48.4. The average molecular weight is 377 g/mol. The van der Waals surface area contributed by atoms with Crippen LogP contribution in [0.4, 0.5) is 0 Å². The van der Waals surface area contributed by atoms with E-state index in [9.17, 15) is 19.2 Å². The van der Waals surface area contributed by atoms with Crippen molar-refractivity contribution in [2.75, 3.05) is 13.2 Å². The Hall–Kier alpha value is -1.66. The lowest BCUT2D eigenvalue weighted by atomic mass is 9.96. The SMILES string of the molecule is CC(C)COC(=O)C1=C(Cl)C(=O)C(C(=O)OCC(C)C)=C(Cl)C1=O. The Bertz CT molecular complexity index is 587. The van der Waals surface area contributed by atoms with Gasteiger partial charge < -0.3 is 9.47 Å². The van der Waals surface area contributed by atoms with E-state index >= 15 is 0 Å². The molecule has 0 aromatic rings. The molecule has 0 spiro atoms. The number of Topliss-reactive ketones (excluding diaryl/α,β-unsaturated/α-hetero) is 2. The first kappa shape index (κ1) is 20.4. The van der Waals surface area contributed by atoms with Crippen molar-refractivity contribution in [1.82, 2.24) is 0 Å². The quantitative estimate of drug-likeness (QED) is 0.402. The maximum absolute atomic E-state index is 12.2. The molecule has 0 aromatic heterocycles. The molecule has 0 saturated carbocycles. The van der Waals surface area contributed by atoms with Crippen LogP contribution in [0.3, 0.4) is 0 Å². The molecule has 1 aliphatic carbocycles. The van der Waals surface area contributed by atoms with Crippen molar-refractivity contribution in [2.24, 2.45) is 11.8 Å². The van der Waals surface area contributed by atoms with Gasteiger partial charge in [-0.1, -0.05) is 50.9 Å². The molecule has 0 aliphatic heterocycles. The molecular weight excluding hydrogens is 359 g/mol. The first-order chi connectivity index (χ1) is 11.1. The van der Waals surface area contributed by atoms with Gasteiger partial charge in [0.15, 0.2) is 0 Å². The second-order valence-electron chi connectivity index (χ2n) is 6.02. The smallest absolute Gasteiger partial charge is 0.343 e. The first-order valence-corrected chi connectivity index (χ1v) is 8.06. The fourth-order valence-electron chi connectivity index (χ4n) is 1.64. The van der Waals surface area contributed by atoms with E-state index in [4.69, 9.17) is 32.7 Å². The highest BCUT2D eigenvalue weighted by atomic mass is 35.5. The van der Waals surface area contributed by atoms with Gasteiger partial charge in [0, 0.05) is 0 Å². The summed E-state index contributed by atoms with van der Waals surface area (Å²) in [5.74, 6) is -4.14. The Morgan fingerprint density at radius 1 is 0.792 bits per heavy atom. The third-order valence-corrected chi connectivity index (χ3v) is 3.52. The molecule has 0 saturated heterocycles. The van der Waals surface area contributed by atoms with Crippen LogP contribution in [0.25, 0.3) is 0 Å². The van der Waals surface area contributed by atoms with Crippen LogP contribution in [0, 0.1) is 11.8 Å². The van der Waals surface area contributed by atoms with Crippen LogP contribution in [0.5, 0.6) is 0 Å². The number of allylic oxidation sites excluding steroid dienone is 2. The lowest BCUT2D eigenvalue weighted by Crippen LogP contribution is -2.30. The van der Waals surface area contributed by atoms with Crippen molar-refractivity contribution >= 4 is 46.7 Å². The van der Waals surface area contributed by atoms with Crippen molar-refractivity contribution in [3.05, 3.63) is 21.2 Å². The standard InChI is InChI=1S/C16H18Cl2O6/c1-7(2)5-23-15(21)9-11(17)14(20)10(12(18)13(9)19)16(22)24-6-8(3)4/h7-8H,5-6H2,1-4H3. The molecular formula is C16H18Cl2O6. The topological polar surface area (TPSA) is 86.7 Å². The molecule has 132 valence electrons. The number of ether oxygens (including phenoxy) is 2. The van der Waals surface area contributed by atoms with Gasteiger partial charge in [0.05, 0.1) is 13.2 Å². The van der Waals surface area contributed by atoms with Gasteiger partial charge in [0.2, 0.25) is 11.6 Å². The van der Waals surface area contributed by atoms with Crippen molar-refractivity contribution < 1.29 is 28.7 Å². The molecule has 0 aromatic carbocycles. The van der Waals surface area contributed by atoms with Crippen LogP contribution in [-0.2, 0) is 28.7 Å². The lowest BCUT2D eigenvalue weighted by molar-refractivity contribution is -0.143. The van der Waals surface area contributed by atoms with E-state index in [-0.39, 0.29) is 25.0 Å². The zero-order valence-corrected chi connectivity index (χ0v) is 15.3. The Balaban J connectivity index is 3.09. The molecule has 0 bridgehead atoms. The van der Waals surface area contributed by atoms with Gasteiger partial charge in [-0.3, -0.25) is 9.59 Å². The number of rotatable bonds is 6. The highest BCUT2D eigenvalue weighted by Gasteiger charge is 2.41. The lowest BCUT2D eigenvalue weighted by Gasteiger charge is -2.17. The second kappa shape index (κ2) is 8.44. The van der Waals surface area contributed by atoms with Gasteiger partial charge in [-0.25, -0.2) is 9.59 Å². The summed E-state index contributed by atoms with van der Waals surface area (Å²) in [6.45, 7) is 7.27. The van der Waals surface area contributed by atoms with E-state index < -0.39 is 44.7 Å². The predicted octanol–water partition coefficient (Wildman–Crippen LogP) is 2.52. The molecule has 8 heteroatoms. The number of halogens is 2. The summed E-state index contributed by atoms with van der Waals surface area (Å²) in [7, 11) is 0. The van der Waals surface area contributed by atoms with Gasteiger partial charge in [-0.15, -0.1) is 0 Å². The van der Waals surface area contributed by atoms with Crippen LogP contribution in [-0.4, -0.2) is 36.7 Å². The number of hydrogen-bond acceptors (Lipinski definition) is 6. The van der Waals surface area contributed by atoms with E-state index in [1.54, 1.807) is 27.7 Å². The number of ketones is 2. The largest absolute Gasteiger partial charge is 0.462 e. The van der Waals surface area contributed by atoms with Crippen LogP contribution in [0.15, 0.2) is 21.2 Å². The molecule has 0 unspecified atom stereocenters. The maximum atomic E-state index is 12.2. The average Bonchev–Trinajstić information content (AvgIpc) is 2.49. The molecule has 24 heavy (non-hydrogen) atoms. The van der Waals surface area contributed by atoms with E-state index in [0.29, 0.717) is 0 Å². The summed E-state index contributed by atoms with van der Waals surface area (Å²) in [5.41, 5.74) is -1.35. The number of carbonyl (C=O) groups excluding carboxylic acids is 4. The Kier molecular flexibility index (Phi) is 7.17. The van der Waals surface area contributed by atoms with Gasteiger partial charge in [0.1, 0.15) is 21.2 Å². The normalized spacial score (nSPS) is 15.5. The summed E-state index contributed by atoms with van der Waals surface area (Å²) in [6, 6.07) is 0. The zero-order chi connectivity index (χ0) is 18.6. The summed E-state index contributed by atoms with van der Waals surface area (Å²) >= 11 is 11.6. The number of hydrogen-bond donors (Lipinski definition) is 0. The van der Waals surface area contributed by atoms with Gasteiger partial charge in [-0.05, 0) is 11.8 Å². The Labute approximate surface area is 149 Å². The molecule has 0 atom stereocenters. The molecule has 0 amide bonds. The van der Waals surface area contributed by atoms with Crippen LogP contribution in [0.2, 0.25) is 0 Å². The van der Waals surface area contributed by atoms with Crippen molar-refractivity contribution in [2.45, 2.75) is 27.7 Å². The highest BCUT2D eigenvalue weighted by molar-refractivity contribution is 6.61. The number of esters is 2. The molecule has 1 aliphatic rings. The molecule has 0 N–H and O–H groups in total. The van der Waals surface area contributed by atoms with Gasteiger partial charge in [-0.2, -0.15) is 0 Å². The predicted molar refractivity (Wildman–Crippen MR) is 87.4 cm³/mol. The molecule has 0 fully saturated rings. The minimum Gasteiger partial charge on any atom is -0.462 e. The summed E-state index contributed by atoms with van der Waals surface area (Å²) in [5, 5.41) is -1.40. The fraction of sp³-hybridized carbons (Fsp3) is 0.500. The van der Waals surface area contributed by atoms with E-state index in [2.05, 4.69) is 0 Å². The van der Waals surface area contributed by atoms with Crippen molar-refractivity contribution in [3.63, 3.8) is 0 Å². The van der Waals surface area contributed by atoms with Crippen molar-refractivity contribution in [3.8, 4) is 0 Å². The summed E-state index contributed by atoms with van der Waals surface area (Å²) < 4.78 is 9.81. The molecule has 0 radical (unpaired) electrons. The monoisotopic (exact) mass is 376 g/mol. The third kappa shape index (κ3) is 4.68.